The van der Waals surface area contributed by atoms with Gasteiger partial charge in [0.25, 0.3) is 0 Å². The standard InChI is InChI=1S/C15H15ClIN3O/c1-9(18)10-3-2-4-12(7-10)19-15(21)20-14-6-5-11(16)8-13(14)17/h2-9H,18H2,1H3,(H2,19,20,21). The van der Waals surface area contributed by atoms with Crippen LogP contribution in [0, 0.1) is 3.57 Å². The number of hydrogen-bond acceptors (Lipinski definition) is 2. The highest BCUT2D eigenvalue weighted by Crippen LogP contribution is 2.22. The summed E-state index contributed by atoms with van der Waals surface area (Å²) in [7, 11) is 0. The molecule has 110 valence electrons. The minimum atomic E-state index is -0.308. The first-order chi connectivity index (χ1) is 9.95. The van der Waals surface area contributed by atoms with Gasteiger partial charge in [0, 0.05) is 20.3 Å². The van der Waals surface area contributed by atoms with Gasteiger partial charge in [-0.05, 0) is 65.4 Å². The monoisotopic (exact) mass is 415 g/mol. The topological polar surface area (TPSA) is 67.1 Å². The number of benzene rings is 2. The van der Waals surface area contributed by atoms with Crippen LogP contribution in [0.3, 0.4) is 0 Å². The lowest BCUT2D eigenvalue weighted by Crippen LogP contribution is -2.20. The molecule has 0 radical (unpaired) electrons. The van der Waals surface area contributed by atoms with Crippen molar-refractivity contribution in [3.8, 4) is 0 Å². The van der Waals surface area contributed by atoms with Crippen molar-refractivity contribution in [2.75, 3.05) is 10.6 Å². The summed E-state index contributed by atoms with van der Waals surface area (Å²) >= 11 is 8.01. The highest BCUT2D eigenvalue weighted by Gasteiger charge is 2.07. The predicted molar refractivity (Wildman–Crippen MR) is 95.9 cm³/mol. The molecule has 0 aromatic heterocycles. The number of carbonyl (C=O) groups excluding carboxylic acids is 1. The number of carbonyl (C=O) groups is 1. The van der Waals surface area contributed by atoms with Gasteiger partial charge in [0.2, 0.25) is 0 Å². The number of urea groups is 1. The summed E-state index contributed by atoms with van der Waals surface area (Å²) in [4.78, 5) is 12.0. The lowest BCUT2D eigenvalue weighted by molar-refractivity contribution is 0.262. The molecule has 0 bridgehead atoms. The first kappa shape index (κ1) is 16.1. The van der Waals surface area contributed by atoms with E-state index < -0.39 is 0 Å². The molecule has 2 amide bonds. The summed E-state index contributed by atoms with van der Waals surface area (Å²) in [5.74, 6) is 0. The molecule has 1 atom stereocenters. The normalized spacial score (nSPS) is 11.8. The highest BCUT2D eigenvalue weighted by atomic mass is 127. The maximum atomic E-state index is 12.0. The van der Waals surface area contributed by atoms with Gasteiger partial charge in [-0.2, -0.15) is 0 Å². The summed E-state index contributed by atoms with van der Waals surface area (Å²) < 4.78 is 0.875. The Morgan fingerprint density at radius 3 is 2.67 bits per heavy atom. The van der Waals surface area contributed by atoms with Crippen molar-refractivity contribution in [1.29, 1.82) is 0 Å². The zero-order valence-electron chi connectivity index (χ0n) is 11.4. The van der Waals surface area contributed by atoms with Gasteiger partial charge in [-0.3, -0.25) is 0 Å². The molecule has 0 saturated carbocycles. The van der Waals surface area contributed by atoms with Crippen molar-refractivity contribution < 1.29 is 4.79 Å². The first-order valence-electron chi connectivity index (χ1n) is 6.34. The second-order valence-electron chi connectivity index (χ2n) is 4.62. The number of amides is 2. The number of rotatable bonds is 3. The molecule has 2 aromatic rings. The van der Waals surface area contributed by atoms with Crippen LogP contribution in [-0.4, -0.2) is 6.03 Å². The number of hydrogen-bond donors (Lipinski definition) is 3. The Kier molecular flexibility index (Phi) is 5.44. The van der Waals surface area contributed by atoms with Gasteiger partial charge >= 0.3 is 6.03 Å². The second-order valence-corrected chi connectivity index (χ2v) is 6.22. The van der Waals surface area contributed by atoms with Crippen LogP contribution in [0.2, 0.25) is 5.02 Å². The number of nitrogens with one attached hydrogen (secondary N) is 2. The molecule has 0 heterocycles. The summed E-state index contributed by atoms with van der Waals surface area (Å²) in [6, 6.07) is 12.4. The molecule has 4 nitrogen and oxygen atoms in total. The van der Waals surface area contributed by atoms with Gasteiger partial charge in [0.05, 0.1) is 5.69 Å². The van der Waals surface area contributed by atoms with Crippen LogP contribution in [0.15, 0.2) is 42.5 Å². The molecule has 1 unspecified atom stereocenters. The van der Waals surface area contributed by atoms with Gasteiger partial charge in [-0.15, -0.1) is 0 Å². The lowest BCUT2D eigenvalue weighted by Gasteiger charge is -2.11. The second kappa shape index (κ2) is 7.11. The molecule has 0 aliphatic carbocycles. The van der Waals surface area contributed by atoms with Gasteiger partial charge in [-0.1, -0.05) is 23.7 Å². The first-order valence-corrected chi connectivity index (χ1v) is 7.80. The van der Waals surface area contributed by atoms with Crippen molar-refractivity contribution in [2.24, 2.45) is 5.73 Å². The molecule has 0 saturated heterocycles. The van der Waals surface area contributed by atoms with E-state index in [4.69, 9.17) is 17.3 Å². The van der Waals surface area contributed by atoms with E-state index in [1.807, 2.05) is 31.2 Å². The van der Waals surface area contributed by atoms with Crippen molar-refractivity contribution in [1.82, 2.24) is 0 Å². The van der Waals surface area contributed by atoms with E-state index in [1.54, 1.807) is 18.2 Å². The van der Waals surface area contributed by atoms with Crippen LogP contribution >= 0.6 is 34.2 Å². The summed E-state index contributed by atoms with van der Waals surface area (Å²) in [6.45, 7) is 1.90. The van der Waals surface area contributed by atoms with Crippen molar-refractivity contribution in [3.63, 3.8) is 0 Å². The van der Waals surface area contributed by atoms with Crippen molar-refractivity contribution in [3.05, 3.63) is 56.6 Å². The molecule has 2 aromatic carbocycles. The molecule has 0 spiro atoms. The molecule has 0 fully saturated rings. The van der Waals surface area contributed by atoms with Gasteiger partial charge < -0.3 is 16.4 Å². The molecule has 21 heavy (non-hydrogen) atoms. The summed E-state index contributed by atoms with van der Waals surface area (Å²) in [5, 5.41) is 6.21. The van der Waals surface area contributed by atoms with Crippen molar-refractivity contribution in [2.45, 2.75) is 13.0 Å². The Balaban J connectivity index is 2.06. The molecule has 6 heteroatoms. The van der Waals surface area contributed by atoms with E-state index in [9.17, 15) is 4.79 Å². The van der Waals surface area contributed by atoms with Crippen LogP contribution in [0.1, 0.15) is 18.5 Å². The van der Waals surface area contributed by atoms with E-state index in [1.165, 1.54) is 0 Å². The number of anilines is 2. The number of halogens is 2. The third-order valence-corrected chi connectivity index (χ3v) is 3.98. The maximum absolute atomic E-state index is 12.0. The largest absolute Gasteiger partial charge is 0.324 e. The van der Waals surface area contributed by atoms with Crippen LogP contribution < -0.4 is 16.4 Å². The SMILES string of the molecule is CC(N)c1cccc(NC(=O)Nc2ccc(Cl)cc2I)c1. The van der Waals surface area contributed by atoms with E-state index in [0.717, 1.165) is 9.13 Å². The third-order valence-electron chi connectivity index (χ3n) is 2.85. The zero-order valence-corrected chi connectivity index (χ0v) is 14.3. The smallest absolute Gasteiger partial charge is 0.323 e. The highest BCUT2D eigenvalue weighted by molar-refractivity contribution is 14.1. The van der Waals surface area contributed by atoms with Gasteiger partial charge in [-0.25, -0.2) is 4.79 Å². The molecule has 2 rings (SSSR count). The molecular weight excluding hydrogens is 401 g/mol. The van der Waals surface area contributed by atoms with Crippen LogP contribution in [-0.2, 0) is 0 Å². The fourth-order valence-corrected chi connectivity index (χ4v) is 2.78. The van der Waals surface area contributed by atoms with E-state index >= 15 is 0 Å². The Morgan fingerprint density at radius 2 is 2.00 bits per heavy atom. The third kappa shape index (κ3) is 4.59. The minimum absolute atomic E-state index is 0.0768. The lowest BCUT2D eigenvalue weighted by atomic mass is 10.1. The van der Waals surface area contributed by atoms with Crippen LogP contribution in [0.4, 0.5) is 16.2 Å². The minimum Gasteiger partial charge on any atom is -0.324 e. The van der Waals surface area contributed by atoms with E-state index in [0.29, 0.717) is 16.4 Å². The van der Waals surface area contributed by atoms with E-state index in [2.05, 4.69) is 33.2 Å². The maximum Gasteiger partial charge on any atom is 0.323 e. The fraction of sp³-hybridized carbons (Fsp3) is 0.133. The molecule has 4 N–H and O–H groups in total. The molecule has 0 aliphatic heterocycles. The average Bonchev–Trinajstić information content (AvgIpc) is 2.42. The quantitative estimate of drug-likeness (QED) is 0.641. The molecular formula is C15H15ClIN3O. The Hall–Kier alpha value is -1.31. The fourth-order valence-electron chi connectivity index (χ4n) is 1.78. The van der Waals surface area contributed by atoms with Crippen LogP contribution in [0.25, 0.3) is 0 Å². The predicted octanol–water partition coefficient (Wildman–Crippen LogP) is 4.61. The Morgan fingerprint density at radius 1 is 1.24 bits per heavy atom. The summed E-state index contributed by atoms with van der Waals surface area (Å²) in [6.07, 6.45) is 0. The van der Waals surface area contributed by atoms with Crippen molar-refractivity contribution >= 4 is 51.6 Å². The van der Waals surface area contributed by atoms with E-state index in [-0.39, 0.29) is 12.1 Å². The van der Waals surface area contributed by atoms with Gasteiger partial charge in [0.15, 0.2) is 0 Å². The number of nitrogens with two attached hydrogens (primary N) is 1. The van der Waals surface area contributed by atoms with Crippen LogP contribution in [0.5, 0.6) is 0 Å². The average molecular weight is 416 g/mol. The molecule has 0 aliphatic rings. The Labute approximate surface area is 142 Å². The zero-order chi connectivity index (χ0) is 15.4. The Bertz CT molecular complexity index is 661. The van der Waals surface area contributed by atoms with Gasteiger partial charge in [0.1, 0.15) is 0 Å². The summed E-state index contributed by atoms with van der Waals surface area (Å²) in [5.41, 5.74) is 8.21.